The van der Waals surface area contributed by atoms with Crippen molar-refractivity contribution in [3.63, 3.8) is 0 Å². The number of fused-ring (bicyclic) bond motifs is 1. The summed E-state index contributed by atoms with van der Waals surface area (Å²) in [6.07, 6.45) is -0.00732. The molecule has 0 radical (unpaired) electrons. The second kappa shape index (κ2) is 10.3. The van der Waals surface area contributed by atoms with E-state index in [1.54, 1.807) is 18.2 Å². The number of methoxy groups -OCH3 is 3. The highest BCUT2D eigenvalue weighted by molar-refractivity contribution is 9.10. The molecule has 184 valence electrons. The van der Waals surface area contributed by atoms with Gasteiger partial charge in [0, 0.05) is 24.1 Å². The molecule has 0 aromatic heterocycles. The van der Waals surface area contributed by atoms with Crippen molar-refractivity contribution in [1.82, 2.24) is 10.2 Å². The van der Waals surface area contributed by atoms with Crippen LogP contribution in [0.15, 0.2) is 33.9 Å². The Morgan fingerprint density at radius 3 is 2.53 bits per heavy atom. The molecule has 13 heteroatoms. The summed E-state index contributed by atoms with van der Waals surface area (Å²) < 4.78 is 21.2. The number of benzene rings is 1. The molecule has 3 atom stereocenters. The first-order valence-corrected chi connectivity index (χ1v) is 11.7. The standard InChI is InChI=1S/C21H24BrN3O8S/c1-10(26)33-9-14-16(18(28)31-3)25-19(29)21(23,32-4)20(25)34-17(14)24-15(27)7-11-5-12(22)8-13(6-11)30-2/h5-6,8,17,20H,7,9,23H2,1-4H3,(H,24,27)/t17?,20-,21?/m1/s1. The smallest absolute Gasteiger partial charge is 0.355 e. The summed E-state index contributed by atoms with van der Waals surface area (Å²) in [6, 6.07) is 5.25. The van der Waals surface area contributed by atoms with Crippen molar-refractivity contribution in [2.45, 2.75) is 29.8 Å². The van der Waals surface area contributed by atoms with Crippen LogP contribution in [-0.2, 0) is 39.8 Å². The van der Waals surface area contributed by atoms with Crippen molar-refractivity contribution >= 4 is 51.4 Å². The molecule has 2 aliphatic heterocycles. The van der Waals surface area contributed by atoms with Crippen LogP contribution in [0.3, 0.4) is 0 Å². The van der Waals surface area contributed by atoms with Crippen LogP contribution in [0.4, 0.5) is 0 Å². The number of β-lactam (4-membered cyclic amide) rings is 1. The predicted molar refractivity (Wildman–Crippen MR) is 124 cm³/mol. The molecule has 0 spiro atoms. The van der Waals surface area contributed by atoms with Gasteiger partial charge in [0.1, 0.15) is 28.8 Å². The Hall–Kier alpha value is -2.61. The van der Waals surface area contributed by atoms with Crippen LogP contribution in [0.25, 0.3) is 0 Å². The molecular weight excluding hydrogens is 534 g/mol. The third-order valence-electron chi connectivity index (χ3n) is 5.25. The van der Waals surface area contributed by atoms with Crippen molar-refractivity contribution in [2.24, 2.45) is 5.73 Å². The molecule has 2 aliphatic rings. The van der Waals surface area contributed by atoms with Gasteiger partial charge in [0.2, 0.25) is 11.6 Å². The molecule has 3 rings (SSSR count). The Balaban J connectivity index is 1.95. The number of esters is 2. The van der Waals surface area contributed by atoms with E-state index in [4.69, 9.17) is 24.7 Å². The molecule has 1 aromatic carbocycles. The average Bonchev–Trinajstić information content (AvgIpc) is 2.80. The van der Waals surface area contributed by atoms with Gasteiger partial charge in [-0.2, -0.15) is 0 Å². The van der Waals surface area contributed by atoms with Gasteiger partial charge < -0.3 is 24.3 Å². The summed E-state index contributed by atoms with van der Waals surface area (Å²) in [5, 5.41) is 1.15. The van der Waals surface area contributed by atoms with Crippen LogP contribution in [0.5, 0.6) is 5.75 Å². The van der Waals surface area contributed by atoms with Crippen molar-refractivity contribution in [2.75, 3.05) is 27.9 Å². The summed E-state index contributed by atoms with van der Waals surface area (Å²) in [6.45, 7) is 0.861. The van der Waals surface area contributed by atoms with E-state index in [1.165, 1.54) is 21.1 Å². The Kier molecular flexibility index (Phi) is 7.91. The highest BCUT2D eigenvalue weighted by Crippen LogP contribution is 2.48. The van der Waals surface area contributed by atoms with Crippen LogP contribution < -0.4 is 15.8 Å². The lowest BCUT2D eigenvalue weighted by molar-refractivity contribution is -0.183. The summed E-state index contributed by atoms with van der Waals surface area (Å²) >= 11 is 4.47. The van der Waals surface area contributed by atoms with E-state index in [0.717, 1.165) is 28.2 Å². The number of amides is 2. The van der Waals surface area contributed by atoms with E-state index >= 15 is 0 Å². The van der Waals surface area contributed by atoms with Crippen LogP contribution in [-0.4, -0.2) is 73.1 Å². The zero-order valence-electron chi connectivity index (χ0n) is 18.9. The molecule has 3 N–H and O–H groups in total. The van der Waals surface area contributed by atoms with E-state index in [0.29, 0.717) is 11.3 Å². The van der Waals surface area contributed by atoms with Gasteiger partial charge in [-0.3, -0.25) is 25.0 Å². The molecule has 34 heavy (non-hydrogen) atoms. The second-order valence-corrected chi connectivity index (χ2v) is 9.54. The van der Waals surface area contributed by atoms with E-state index in [1.807, 2.05) is 0 Å². The van der Waals surface area contributed by atoms with Crippen molar-refractivity contribution in [3.05, 3.63) is 39.5 Å². The van der Waals surface area contributed by atoms with Gasteiger partial charge in [-0.25, -0.2) is 4.79 Å². The lowest BCUT2D eigenvalue weighted by Crippen LogP contribution is -2.79. The van der Waals surface area contributed by atoms with Crippen LogP contribution >= 0.6 is 27.7 Å². The maximum Gasteiger partial charge on any atom is 0.355 e. The third-order valence-corrected chi connectivity index (χ3v) is 7.20. The monoisotopic (exact) mass is 557 g/mol. The minimum Gasteiger partial charge on any atom is -0.497 e. The fourth-order valence-electron chi connectivity index (χ4n) is 3.58. The number of rotatable bonds is 8. The van der Waals surface area contributed by atoms with Gasteiger partial charge in [-0.15, -0.1) is 11.8 Å². The fourth-order valence-corrected chi connectivity index (χ4v) is 5.62. The maximum absolute atomic E-state index is 13.0. The minimum absolute atomic E-state index is 0.00732. The number of nitrogens with zero attached hydrogens (tertiary/aromatic N) is 1. The SMILES string of the molecule is COC(=O)C1=C(COC(C)=O)C(NC(=O)Cc2cc(Br)cc(OC)c2)S[C@H]2N1C(=O)C2(N)OC. The second-order valence-electron chi connectivity index (χ2n) is 7.43. The van der Waals surface area contributed by atoms with Gasteiger partial charge in [0.05, 0.1) is 20.6 Å². The molecule has 2 heterocycles. The van der Waals surface area contributed by atoms with Gasteiger partial charge in [-0.05, 0) is 23.8 Å². The van der Waals surface area contributed by atoms with E-state index < -0.39 is 34.3 Å². The molecule has 2 amide bonds. The van der Waals surface area contributed by atoms with Gasteiger partial charge in [-0.1, -0.05) is 15.9 Å². The summed E-state index contributed by atoms with van der Waals surface area (Å²) in [5.74, 6) is -1.91. The Labute approximate surface area is 208 Å². The van der Waals surface area contributed by atoms with Crippen molar-refractivity contribution < 1.29 is 38.1 Å². The number of thioether (sulfide) groups is 1. The lowest BCUT2D eigenvalue weighted by atomic mass is 9.99. The Morgan fingerprint density at radius 1 is 1.24 bits per heavy atom. The van der Waals surface area contributed by atoms with E-state index in [-0.39, 0.29) is 30.2 Å². The number of ether oxygens (including phenoxy) is 4. The zero-order valence-corrected chi connectivity index (χ0v) is 21.3. The van der Waals surface area contributed by atoms with Gasteiger partial charge >= 0.3 is 11.9 Å². The summed E-state index contributed by atoms with van der Waals surface area (Å²) in [4.78, 5) is 51.0. The van der Waals surface area contributed by atoms with Crippen molar-refractivity contribution in [3.8, 4) is 5.75 Å². The molecular formula is C21H24BrN3O8S. The lowest BCUT2D eigenvalue weighted by Gasteiger charge is -2.55. The van der Waals surface area contributed by atoms with Gasteiger partial charge in [0.15, 0.2) is 0 Å². The van der Waals surface area contributed by atoms with Crippen molar-refractivity contribution in [1.29, 1.82) is 0 Å². The predicted octanol–water partition coefficient (Wildman–Crippen LogP) is 0.649. The number of hydrogen-bond donors (Lipinski definition) is 2. The number of carbonyl (C=O) groups excluding carboxylic acids is 4. The molecule has 0 bridgehead atoms. The highest BCUT2D eigenvalue weighted by Gasteiger charge is 2.65. The quantitative estimate of drug-likeness (QED) is 0.265. The van der Waals surface area contributed by atoms with Gasteiger partial charge in [0.25, 0.3) is 5.91 Å². The third kappa shape index (κ3) is 4.92. The Bertz CT molecular complexity index is 1060. The molecule has 1 saturated heterocycles. The van der Waals surface area contributed by atoms with Crippen LogP contribution in [0, 0.1) is 0 Å². The van der Waals surface area contributed by atoms with E-state index in [2.05, 4.69) is 21.2 Å². The largest absolute Gasteiger partial charge is 0.497 e. The molecule has 0 saturated carbocycles. The molecule has 1 fully saturated rings. The number of nitrogens with one attached hydrogen (secondary N) is 1. The average molecular weight is 558 g/mol. The normalized spacial score (nSPS) is 23.6. The summed E-state index contributed by atoms with van der Waals surface area (Å²) in [7, 11) is 3.95. The molecule has 1 aromatic rings. The van der Waals surface area contributed by atoms with Crippen LogP contribution in [0.2, 0.25) is 0 Å². The summed E-state index contributed by atoms with van der Waals surface area (Å²) in [5.41, 5.74) is 5.13. The fraction of sp³-hybridized carbons (Fsp3) is 0.429. The number of carbonyl (C=O) groups is 4. The first-order chi connectivity index (χ1) is 16.0. The highest BCUT2D eigenvalue weighted by atomic mass is 79.9. The van der Waals surface area contributed by atoms with Crippen LogP contribution in [0.1, 0.15) is 12.5 Å². The molecule has 0 aliphatic carbocycles. The molecule has 11 nitrogen and oxygen atoms in total. The van der Waals surface area contributed by atoms with E-state index in [9.17, 15) is 19.2 Å². The number of halogens is 1. The number of nitrogens with two attached hydrogens (primary N) is 1. The number of hydrogen-bond acceptors (Lipinski definition) is 10. The minimum atomic E-state index is -1.70. The zero-order chi connectivity index (χ0) is 25.2. The first-order valence-electron chi connectivity index (χ1n) is 9.96. The Morgan fingerprint density at radius 2 is 1.94 bits per heavy atom. The topological polar surface area (TPSA) is 146 Å². The molecule has 2 unspecified atom stereocenters. The maximum atomic E-state index is 13.0. The first kappa shape index (κ1) is 26.0.